The number of aryl methyl sites for hydroxylation is 1. The van der Waals surface area contributed by atoms with Gasteiger partial charge in [0, 0.05) is 17.9 Å². The van der Waals surface area contributed by atoms with Crippen molar-refractivity contribution in [2.24, 2.45) is 0 Å². The molecule has 3 atom stereocenters. The third-order valence-corrected chi connectivity index (χ3v) is 5.44. The smallest absolute Gasteiger partial charge is 0.249 e. The molecule has 1 amide bonds. The minimum absolute atomic E-state index is 0.00971. The molecular formula is C20H26N2O3. The number of hydrogen-bond donors (Lipinski definition) is 0. The summed E-state index contributed by atoms with van der Waals surface area (Å²) in [6, 6.07) is 6.11. The van der Waals surface area contributed by atoms with Crippen molar-refractivity contribution in [3.8, 4) is 0 Å². The Kier molecular flexibility index (Phi) is 4.86. The van der Waals surface area contributed by atoms with Gasteiger partial charge in [-0.2, -0.15) is 0 Å². The van der Waals surface area contributed by atoms with E-state index in [-0.39, 0.29) is 24.2 Å². The summed E-state index contributed by atoms with van der Waals surface area (Å²) in [4.78, 5) is 19.4. The normalized spacial score (nSPS) is 28.8. The van der Waals surface area contributed by atoms with Crippen LogP contribution in [0.1, 0.15) is 43.5 Å². The zero-order chi connectivity index (χ0) is 17.2. The Morgan fingerprint density at radius 2 is 2.32 bits per heavy atom. The van der Waals surface area contributed by atoms with E-state index < -0.39 is 0 Å². The second kappa shape index (κ2) is 7.26. The van der Waals surface area contributed by atoms with Gasteiger partial charge in [0.2, 0.25) is 5.91 Å². The number of likely N-dealkylation sites (tertiary alicyclic amines) is 1. The van der Waals surface area contributed by atoms with Gasteiger partial charge < -0.3 is 14.4 Å². The average Bonchev–Trinajstić information content (AvgIpc) is 3.28. The molecule has 0 radical (unpaired) electrons. The average molecular weight is 342 g/mol. The summed E-state index contributed by atoms with van der Waals surface area (Å²) in [6.45, 7) is 3.82. The second-order valence-corrected chi connectivity index (χ2v) is 7.24. The summed E-state index contributed by atoms with van der Waals surface area (Å²) < 4.78 is 12.2. The van der Waals surface area contributed by atoms with E-state index in [1.165, 1.54) is 0 Å². The quantitative estimate of drug-likeness (QED) is 0.844. The molecule has 1 aromatic rings. The number of aromatic nitrogens is 1. The van der Waals surface area contributed by atoms with E-state index in [2.05, 4.69) is 11.1 Å². The van der Waals surface area contributed by atoms with Crippen molar-refractivity contribution in [3.05, 3.63) is 41.2 Å². The van der Waals surface area contributed by atoms with Crippen LogP contribution in [0, 0.1) is 6.92 Å². The number of carbonyl (C=O) groups excluding carboxylic acids is 1. The molecule has 0 aromatic carbocycles. The summed E-state index contributed by atoms with van der Waals surface area (Å²) in [5, 5.41) is 0. The monoisotopic (exact) mass is 342 g/mol. The van der Waals surface area contributed by atoms with Gasteiger partial charge in [0.05, 0.1) is 24.9 Å². The van der Waals surface area contributed by atoms with Gasteiger partial charge in [0.15, 0.2) is 0 Å². The van der Waals surface area contributed by atoms with Gasteiger partial charge in [0.25, 0.3) is 0 Å². The van der Waals surface area contributed by atoms with Crippen LogP contribution >= 0.6 is 0 Å². The molecule has 134 valence electrons. The fourth-order valence-corrected chi connectivity index (χ4v) is 4.21. The topological polar surface area (TPSA) is 51.7 Å². The number of hydrogen-bond acceptors (Lipinski definition) is 4. The molecule has 1 aromatic heterocycles. The Labute approximate surface area is 149 Å². The molecule has 2 aliphatic heterocycles. The van der Waals surface area contributed by atoms with Crippen LogP contribution in [0.3, 0.4) is 0 Å². The zero-order valence-corrected chi connectivity index (χ0v) is 14.8. The number of amides is 1. The summed E-state index contributed by atoms with van der Waals surface area (Å²) in [5.41, 5.74) is 2.89. The van der Waals surface area contributed by atoms with E-state index in [1.807, 2.05) is 30.0 Å². The van der Waals surface area contributed by atoms with Crippen molar-refractivity contribution in [2.45, 2.75) is 63.9 Å². The fourth-order valence-electron chi connectivity index (χ4n) is 4.21. The Morgan fingerprint density at radius 1 is 1.40 bits per heavy atom. The van der Waals surface area contributed by atoms with Crippen LogP contribution in [0.15, 0.2) is 29.8 Å². The number of carbonyl (C=O) groups is 1. The van der Waals surface area contributed by atoms with Gasteiger partial charge in [0.1, 0.15) is 12.2 Å². The maximum Gasteiger partial charge on any atom is 0.249 e. The number of nitrogens with zero attached hydrogens (tertiary/aromatic N) is 2. The third-order valence-electron chi connectivity index (χ3n) is 5.44. The van der Waals surface area contributed by atoms with Gasteiger partial charge in [-0.3, -0.25) is 9.78 Å². The molecule has 0 saturated carbocycles. The Hall–Kier alpha value is -1.72. The standard InChI is InChI=1S/C20H26N2O3/c1-14-6-4-9-16(21-14)13-25-18-12-22(17-10-5-11-24-19(17)18)20(23)15-7-2-3-8-15/h4,6-7,9,17-19H,2-3,5,8,10-13H2,1H3/t17-,18-,19+/m1/s1. The molecule has 0 N–H and O–H groups in total. The predicted molar refractivity (Wildman–Crippen MR) is 94.0 cm³/mol. The van der Waals surface area contributed by atoms with Gasteiger partial charge in [-0.05, 0) is 51.2 Å². The molecule has 0 unspecified atom stereocenters. The Balaban J connectivity index is 1.45. The maximum atomic E-state index is 12.9. The maximum absolute atomic E-state index is 12.9. The van der Waals surface area contributed by atoms with Crippen LogP contribution in [0.5, 0.6) is 0 Å². The molecular weight excluding hydrogens is 316 g/mol. The van der Waals surface area contributed by atoms with Gasteiger partial charge in [-0.25, -0.2) is 0 Å². The van der Waals surface area contributed by atoms with Crippen LogP contribution in [-0.2, 0) is 20.9 Å². The van der Waals surface area contributed by atoms with Crippen molar-refractivity contribution >= 4 is 5.91 Å². The summed E-state index contributed by atoms with van der Waals surface area (Å²) >= 11 is 0. The molecule has 0 bridgehead atoms. The Morgan fingerprint density at radius 3 is 3.12 bits per heavy atom. The van der Waals surface area contributed by atoms with Crippen molar-refractivity contribution < 1.29 is 14.3 Å². The number of fused-ring (bicyclic) bond motifs is 1. The molecule has 2 saturated heterocycles. The van der Waals surface area contributed by atoms with Crippen LogP contribution < -0.4 is 0 Å². The zero-order valence-electron chi connectivity index (χ0n) is 14.8. The summed E-state index contributed by atoms with van der Waals surface area (Å²) in [7, 11) is 0. The molecule has 4 rings (SSSR count). The van der Waals surface area contributed by atoms with Crippen molar-refractivity contribution in [3.63, 3.8) is 0 Å². The van der Waals surface area contributed by atoms with E-state index in [0.717, 1.165) is 55.7 Å². The van der Waals surface area contributed by atoms with Crippen molar-refractivity contribution in [1.82, 2.24) is 9.88 Å². The molecule has 5 nitrogen and oxygen atoms in total. The fraction of sp³-hybridized carbons (Fsp3) is 0.600. The molecule has 25 heavy (non-hydrogen) atoms. The number of allylic oxidation sites excluding steroid dienone is 1. The van der Waals surface area contributed by atoms with Gasteiger partial charge in [-0.1, -0.05) is 12.1 Å². The van der Waals surface area contributed by atoms with E-state index >= 15 is 0 Å². The van der Waals surface area contributed by atoms with Crippen molar-refractivity contribution in [2.75, 3.05) is 13.2 Å². The lowest BCUT2D eigenvalue weighted by Gasteiger charge is -2.32. The third kappa shape index (κ3) is 3.48. The number of ether oxygens (including phenoxy) is 2. The first kappa shape index (κ1) is 16.7. The molecule has 2 fully saturated rings. The second-order valence-electron chi connectivity index (χ2n) is 7.24. The summed E-state index contributed by atoms with van der Waals surface area (Å²) in [6.07, 6.45) is 7.07. The minimum atomic E-state index is -0.0708. The van der Waals surface area contributed by atoms with E-state index in [0.29, 0.717) is 13.2 Å². The first-order valence-corrected chi connectivity index (χ1v) is 9.38. The van der Waals surface area contributed by atoms with Crippen LogP contribution in [-0.4, -0.2) is 47.2 Å². The first-order valence-electron chi connectivity index (χ1n) is 9.38. The van der Waals surface area contributed by atoms with E-state index in [9.17, 15) is 4.79 Å². The Bertz CT molecular complexity index is 673. The van der Waals surface area contributed by atoms with Crippen molar-refractivity contribution in [1.29, 1.82) is 0 Å². The number of pyridine rings is 1. The van der Waals surface area contributed by atoms with E-state index in [1.54, 1.807) is 0 Å². The van der Waals surface area contributed by atoms with Crippen LogP contribution in [0.25, 0.3) is 0 Å². The molecule has 3 aliphatic rings. The van der Waals surface area contributed by atoms with Gasteiger partial charge in [-0.15, -0.1) is 0 Å². The lowest BCUT2D eigenvalue weighted by Crippen LogP contribution is -2.44. The first-order chi connectivity index (χ1) is 12.2. The highest BCUT2D eigenvalue weighted by Gasteiger charge is 2.47. The van der Waals surface area contributed by atoms with Gasteiger partial charge >= 0.3 is 0 Å². The lowest BCUT2D eigenvalue weighted by atomic mass is 10.0. The molecule has 1 aliphatic carbocycles. The highest BCUT2D eigenvalue weighted by atomic mass is 16.5. The molecule has 0 spiro atoms. The largest absolute Gasteiger partial charge is 0.373 e. The lowest BCUT2D eigenvalue weighted by molar-refractivity contribution is -0.130. The molecule has 3 heterocycles. The highest BCUT2D eigenvalue weighted by molar-refractivity contribution is 5.94. The van der Waals surface area contributed by atoms with Crippen LogP contribution in [0.2, 0.25) is 0 Å². The van der Waals surface area contributed by atoms with E-state index in [4.69, 9.17) is 9.47 Å². The highest BCUT2D eigenvalue weighted by Crippen LogP contribution is 2.33. The SMILES string of the molecule is Cc1cccc(CO[C@@H]2CN(C(=O)C3=CCCC3)[C@@H]3CCCO[C@@H]32)n1. The summed E-state index contributed by atoms with van der Waals surface area (Å²) in [5.74, 6) is 0.192. The number of rotatable bonds is 4. The molecule has 5 heteroatoms. The predicted octanol–water partition coefficient (Wildman–Crippen LogP) is 2.78. The minimum Gasteiger partial charge on any atom is -0.373 e. The van der Waals surface area contributed by atoms with Crippen LogP contribution in [0.4, 0.5) is 0 Å².